The molecule has 1 rings (SSSR count). The number of anilines is 1. The lowest BCUT2D eigenvalue weighted by molar-refractivity contribution is 0.486. The van der Waals surface area contributed by atoms with Crippen molar-refractivity contribution in [3.05, 3.63) is 22.2 Å². The summed E-state index contributed by atoms with van der Waals surface area (Å²) in [4.78, 5) is -0.0274. The topological polar surface area (TPSA) is 63.4 Å². The number of nitrogen functional groups attached to an aromatic ring is 1. The predicted octanol–water partition coefficient (Wildman–Crippen LogP) is 2.22. The molecule has 4 nitrogen and oxygen atoms in total. The van der Waals surface area contributed by atoms with Gasteiger partial charge in [0.2, 0.25) is 10.0 Å². The lowest BCUT2D eigenvalue weighted by atomic mass is 10.3. The van der Waals surface area contributed by atoms with Crippen LogP contribution in [0.3, 0.4) is 0 Å². The first kappa shape index (κ1) is 13.6. The quantitative estimate of drug-likeness (QED) is 0.865. The third kappa shape index (κ3) is 2.27. The highest BCUT2D eigenvalue weighted by molar-refractivity contribution is 7.89. The number of hydrogen-bond acceptors (Lipinski definition) is 3. The molecule has 0 spiro atoms. The highest BCUT2D eigenvalue weighted by atomic mass is 35.5. The second kappa shape index (κ2) is 4.79. The van der Waals surface area contributed by atoms with Gasteiger partial charge in [-0.2, -0.15) is 0 Å². The predicted molar refractivity (Wildman–Crippen MR) is 66.4 cm³/mol. The maximum Gasteiger partial charge on any atom is 0.244 e. The van der Waals surface area contributed by atoms with Crippen LogP contribution >= 0.6 is 23.2 Å². The summed E-state index contributed by atoms with van der Waals surface area (Å²) in [6.07, 6.45) is 0. The molecule has 0 atom stereocenters. The minimum Gasteiger partial charge on any atom is -0.396 e. The van der Waals surface area contributed by atoms with E-state index in [0.29, 0.717) is 6.54 Å². The van der Waals surface area contributed by atoms with Crippen LogP contribution in [0, 0.1) is 0 Å². The van der Waals surface area contributed by atoms with Crippen molar-refractivity contribution in [2.75, 3.05) is 19.3 Å². The zero-order valence-corrected chi connectivity index (χ0v) is 11.2. The number of sulfonamides is 1. The Hall–Kier alpha value is -0.490. The van der Waals surface area contributed by atoms with E-state index < -0.39 is 10.0 Å². The van der Waals surface area contributed by atoms with Gasteiger partial charge >= 0.3 is 0 Å². The van der Waals surface area contributed by atoms with Gasteiger partial charge in [-0.1, -0.05) is 30.1 Å². The summed E-state index contributed by atoms with van der Waals surface area (Å²) in [6, 6.07) is 2.77. The Balaban J connectivity index is 3.41. The fourth-order valence-corrected chi connectivity index (χ4v) is 3.00. The Kier molecular flexibility index (Phi) is 4.07. The van der Waals surface area contributed by atoms with E-state index in [-0.39, 0.29) is 20.6 Å². The Labute approximate surface area is 105 Å². The van der Waals surface area contributed by atoms with Gasteiger partial charge < -0.3 is 5.73 Å². The lowest BCUT2D eigenvalue weighted by Crippen LogP contribution is -2.26. The number of nitrogens with zero attached hydrogens (tertiary/aromatic N) is 1. The highest BCUT2D eigenvalue weighted by Gasteiger charge is 2.24. The van der Waals surface area contributed by atoms with Gasteiger partial charge in [0.05, 0.1) is 15.7 Å². The Morgan fingerprint density at radius 2 is 1.94 bits per heavy atom. The van der Waals surface area contributed by atoms with Gasteiger partial charge in [-0.15, -0.1) is 0 Å². The fraction of sp³-hybridized carbons (Fsp3) is 0.333. The molecule has 2 N–H and O–H groups in total. The van der Waals surface area contributed by atoms with Crippen LogP contribution in [-0.4, -0.2) is 26.3 Å². The minimum absolute atomic E-state index is 0.0274. The van der Waals surface area contributed by atoms with Crippen LogP contribution in [0.2, 0.25) is 10.0 Å². The lowest BCUT2D eigenvalue weighted by Gasteiger charge is -2.16. The highest BCUT2D eigenvalue weighted by Crippen LogP contribution is 2.34. The van der Waals surface area contributed by atoms with E-state index in [0.717, 1.165) is 0 Å². The average Bonchev–Trinajstić information content (AvgIpc) is 2.24. The zero-order valence-electron chi connectivity index (χ0n) is 8.87. The molecule has 0 fully saturated rings. The molecule has 0 unspecified atom stereocenters. The van der Waals surface area contributed by atoms with E-state index in [2.05, 4.69) is 0 Å². The molecule has 0 heterocycles. The van der Waals surface area contributed by atoms with Crippen LogP contribution < -0.4 is 5.73 Å². The van der Waals surface area contributed by atoms with Crippen molar-refractivity contribution in [1.82, 2.24) is 4.31 Å². The van der Waals surface area contributed by atoms with Crippen molar-refractivity contribution in [2.45, 2.75) is 11.8 Å². The second-order valence-corrected chi connectivity index (χ2v) is 5.99. The molecule has 0 saturated heterocycles. The molecule has 0 aliphatic rings. The first-order valence-corrected chi connectivity index (χ1v) is 6.71. The number of rotatable bonds is 3. The first-order valence-electron chi connectivity index (χ1n) is 4.52. The summed E-state index contributed by atoms with van der Waals surface area (Å²) in [6.45, 7) is 2.08. The van der Waals surface area contributed by atoms with E-state index in [1.165, 1.54) is 23.5 Å². The van der Waals surface area contributed by atoms with Gasteiger partial charge in [0, 0.05) is 13.6 Å². The molecule has 0 aliphatic carbocycles. The zero-order chi connectivity index (χ0) is 12.5. The van der Waals surface area contributed by atoms with E-state index in [9.17, 15) is 8.42 Å². The van der Waals surface area contributed by atoms with Crippen molar-refractivity contribution in [3.63, 3.8) is 0 Å². The third-order valence-electron chi connectivity index (χ3n) is 2.22. The third-order valence-corrected chi connectivity index (χ3v) is 5.05. The molecule has 0 amide bonds. The molecule has 0 aromatic heterocycles. The van der Waals surface area contributed by atoms with E-state index in [1.807, 2.05) is 0 Å². The molecule has 1 aromatic carbocycles. The summed E-state index contributed by atoms with van der Waals surface area (Å²) in [7, 11) is -2.13. The summed E-state index contributed by atoms with van der Waals surface area (Å²) >= 11 is 11.6. The van der Waals surface area contributed by atoms with Crippen LogP contribution in [0.4, 0.5) is 5.69 Å². The standard InChI is InChI=1S/C9H12Cl2N2O2S/c1-3-13(2)16(14,15)7-5-4-6(10)9(12)8(7)11/h4-5H,3,12H2,1-2H3. The summed E-state index contributed by atoms with van der Waals surface area (Å²) in [5.74, 6) is 0. The monoisotopic (exact) mass is 282 g/mol. The molecule has 16 heavy (non-hydrogen) atoms. The summed E-state index contributed by atoms with van der Waals surface area (Å²) in [5, 5.41) is 0.205. The Morgan fingerprint density at radius 1 is 1.38 bits per heavy atom. The van der Waals surface area contributed by atoms with E-state index in [4.69, 9.17) is 28.9 Å². The van der Waals surface area contributed by atoms with Crippen molar-refractivity contribution >= 4 is 38.9 Å². The van der Waals surface area contributed by atoms with Gasteiger partial charge in [-0.25, -0.2) is 12.7 Å². The molecule has 0 aliphatic heterocycles. The fourth-order valence-electron chi connectivity index (χ4n) is 1.09. The van der Waals surface area contributed by atoms with Gasteiger partial charge in [-0.05, 0) is 12.1 Å². The van der Waals surface area contributed by atoms with Gasteiger partial charge in [0.25, 0.3) is 0 Å². The molecule has 0 radical (unpaired) electrons. The van der Waals surface area contributed by atoms with Crippen molar-refractivity contribution < 1.29 is 8.42 Å². The molecule has 0 saturated carbocycles. The van der Waals surface area contributed by atoms with E-state index >= 15 is 0 Å². The van der Waals surface area contributed by atoms with E-state index in [1.54, 1.807) is 6.92 Å². The van der Waals surface area contributed by atoms with Crippen molar-refractivity contribution in [3.8, 4) is 0 Å². The normalized spacial score (nSPS) is 12.1. The summed E-state index contributed by atoms with van der Waals surface area (Å²) < 4.78 is 25.2. The summed E-state index contributed by atoms with van der Waals surface area (Å²) in [5.41, 5.74) is 5.65. The molecule has 7 heteroatoms. The SMILES string of the molecule is CCN(C)S(=O)(=O)c1ccc(Cl)c(N)c1Cl. The minimum atomic E-state index is -3.60. The smallest absolute Gasteiger partial charge is 0.244 e. The second-order valence-electron chi connectivity index (χ2n) is 3.19. The molecular weight excluding hydrogens is 271 g/mol. The van der Waals surface area contributed by atoms with Crippen LogP contribution in [0.5, 0.6) is 0 Å². The van der Waals surface area contributed by atoms with Gasteiger partial charge in [0.1, 0.15) is 4.90 Å². The maximum absolute atomic E-state index is 12.0. The largest absolute Gasteiger partial charge is 0.396 e. The number of halogens is 2. The average molecular weight is 283 g/mol. The first-order chi connectivity index (χ1) is 7.32. The van der Waals surface area contributed by atoms with Crippen LogP contribution in [0.25, 0.3) is 0 Å². The van der Waals surface area contributed by atoms with Gasteiger partial charge in [0.15, 0.2) is 0 Å². The van der Waals surface area contributed by atoms with Crippen LogP contribution in [-0.2, 0) is 10.0 Å². The molecule has 90 valence electrons. The van der Waals surface area contributed by atoms with Crippen LogP contribution in [0.15, 0.2) is 17.0 Å². The molecular formula is C9H12Cl2N2O2S. The number of benzene rings is 1. The van der Waals surface area contributed by atoms with Crippen molar-refractivity contribution in [1.29, 1.82) is 0 Å². The van der Waals surface area contributed by atoms with Gasteiger partial charge in [-0.3, -0.25) is 0 Å². The molecule has 1 aromatic rings. The Bertz CT molecular complexity index is 502. The van der Waals surface area contributed by atoms with Crippen LogP contribution in [0.1, 0.15) is 6.92 Å². The number of nitrogens with two attached hydrogens (primary N) is 1. The molecule has 0 bridgehead atoms. The Morgan fingerprint density at radius 3 is 2.44 bits per heavy atom. The number of hydrogen-bond donors (Lipinski definition) is 1. The van der Waals surface area contributed by atoms with Crippen molar-refractivity contribution in [2.24, 2.45) is 0 Å². The maximum atomic E-state index is 12.0.